The molecular formula is C23H27N3O3. The molecule has 0 unspecified atom stereocenters. The van der Waals surface area contributed by atoms with Crippen LogP contribution in [-0.2, 0) is 19.5 Å². The molecule has 152 valence electrons. The molecule has 0 saturated carbocycles. The number of pyridine rings is 1. The summed E-state index contributed by atoms with van der Waals surface area (Å²) >= 11 is 0. The molecule has 1 saturated heterocycles. The van der Waals surface area contributed by atoms with Gasteiger partial charge in [-0.2, -0.15) is 0 Å². The first-order valence-corrected chi connectivity index (χ1v) is 10.4. The number of nitrogens with zero attached hydrogens (tertiary/aromatic N) is 3. The van der Waals surface area contributed by atoms with Gasteiger partial charge in [-0.15, -0.1) is 0 Å². The third kappa shape index (κ3) is 3.15. The van der Waals surface area contributed by atoms with Gasteiger partial charge in [-0.25, -0.2) is 0 Å². The first-order valence-electron chi connectivity index (χ1n) is 10.4. The number of fused-ring (bicyclic) bond motifs is 5. The van der Waals surface area contributed by atoms with Crippen LogP contribution in [0.4, 0.5) is 0 Å². The maximum absolute atomic E-state index is 13.3. The van der Waals surface area contributed by atoms with Gasteiger partial charge in [0.05, 0.1) is 12.2 Å². The van der Waals surface area contributed by atoms with Gasteiger partial charge in [0, 0.05) is 49.8 Å². The molecule has 29 heavy (non-hydrogen) atoms. The monoisotopic (exact) mass is 393 g/mol. The average Bonchev–Trinajstić information content (AvgIpc) is 3.18. The topological polar surface area (TPSA) is 54.8 Å². The minimum absolute atomic E-state index is 0.0541. The highest BCUT2D eigenvalue weighted by Crippen LogP contribution is 2.37. The molecule has 1 amide bonds. The van der Waals surface area contributed by atoms with Crippen molar-refractivity contribution in [2.24, 2.45) is 5.92 Å². The molecular weight excluding hydrogens is 366 g/mol. The number of carbonyl (C=O) groups is 1. The number of aromatic nitrogens is 1. The summed E-state index contributed by atoms with van der Waals surface area (Å²) in [5.74, 6) is 1.34. The van der Waals surface area contributed by atoms with Gasteiger partial charge in [-0.05, 0) is 44.1 Å². The summed E-state index contributed by atoms with van der Waals surface area (Å²) in [7, 11) is 3.96. The van der Waals surface area contributed by atoms with Crippen molar-refractivity contribution in [1.82, 2.24) is 14.4 Å². The zero-order valence-corrected chi connectivity index (χ0v) is 17.1. The summed E-state index contributed by atoms with van der Waals surface area (Å²) in [6, 6.07) is 9.93. The van der Waals surface area contributed by atoms with Crippen molar-refractivity contribution >= 4 is 5.91 Å². The van der Waals surface area contributed by atoms with E-state index in [0.717, 1.165) is 35.4 Å². The number of likely N-dealkylation sites (tertiary alicyclic amines) is 1. The fourth-order valence-corrected chi connectivity index (χ4v) is 5.17. The maximum Gasteiger partial charge on any atom is 0.257 e. The van der Waals surface area contributed by atoms with Crippen LogP contribution in [0.15, 0.2) is 35.1 Å². The Labute approximate surface area is 170 Å². The largest absolute Gasteiger partial charge is 0.492 e. The lowest BCUT2D eigenvalue weighted by Gasteiger charge is -2.43. The maximum atomic E-state index is 13.3. The second kappa shape index (κ2) is 7.02. The van der Waals surface area contributed by atoms with Crippen molar-refractivity contribution in [3.8, 4) is 5.75 Å². The molecule has 6 nitrogen and oxygen atoms in total. The molecule has 0 N–H and O–H groups in total. The zero-order chi connectivity index (χ0) is 20.1. The number of rotatable bonds is 3. The van der Waals surface area contributed by atoms with Gasteiger partial charge in [-0.3, -0.25) is 9.59 Å². The Bertz CT molecular complexity index is 1030. The molecule has 6 heteroatoms. The number of hydrogen-bond donors (Lipinski definition) is 0. The van der Waals surface area contributed by atoms with Crippen LogP contribution in [0.3, 0.4) is 0 Å². The van der Waals surface area contributed by atoms with E-state index in [1.165, 1.54) is 0 Å². The van der Waals surface area contributed by atoms with Gasteiger partial charge in [0.1, 0.15) is 5.75 Å². The van der Waals surface area contributed by atoms with E-state index in [1.54, 1.807) is 0 Å². The summed E-state index contributed by atoms with van der Waals surface area (Å²) in [6.07, 6.45) is 1.91. The first-order chi connectivity index (χ1) is 14.0. The number of ether oxygens (including phenoxy) is 1. The average molecular weight is 393 g/mol. The van der Waals surface area contributed by atoms with Gasteiger partial charge < -0.3 is 19.1 Å². The van der Waals surface area contributed by atoms with E-state index >= 15 is 0 Å². The van der Waals surface area contributed by atoms with Crippen molar-refractivity contribution in [2.45, 2.75) is 31.8 Å². The Kier molecular flexibility index (Phi) is 4.46. The lowest BCUT2D eigenvalue weighted by atomic mass is 9.82. The molecule has 2 aromatic rings. The Balaban J connectivity index is 1.43. The van der Waals surface area contributed by atoms with Crippen molar-refractivity contribution in [3.63, 3.8) is 0 Å². The number of carbonyl (C=O) groups excluding carboxylic acids is 1. The van der Waals surface area contributed by atoms with Crippen molar-refractivity contribution in [2.75, 3.05) is 33.8 Å². The molecule has 3 aliphatic rings. The van der Waals surface area contributed by atoms with Gasteiger partial charge >= 0.3 is 0 Å². The molecule has 0 radical (unpaired) electrons. The summed E-state index contributed by atoms with van der Waals surface area (Å²) in [6.45, 7) is 3.35. The summed E-state index contributed by atoms with van der Waals surface area (Å²) in [5.41, 5.74) is 3.83. The smallest absolute Gasteiger partial charge is 0.257 e. The molecule has 0 aliphatic carbocycles. The van der Waals surface area contributed by atoms with Crippen molar-refractivity contribution in [1.29, 1.82) is 0 Å². The predicted octanol–water partition coefficient (Wildman–Crippen LogP) is 2.10. The van der Waals surface area contributed by atoms with E-state index in [4.69, 9.17) is 4.74 Å². The number of para-hydroxylation sites is 1. The lowest BCUT2D eigenvalue weighted by Crippen LogP contribution is -2.49. The molecule has 3 aliphatic heterocycles. The molecule has 0 spiro atoms. The van der Waals surface area contributed by atoms with E-state index < -0.39 is 0 Å². The fraction of sp³-hybridized carbons (Fsp3) is 0.478. The van der Waals surface area contributed by atoms with Crippen molar-refractivity contribution in [3.05, 3.63) is 63.1 Å². The molecule has 2 bridgehead atoms. The Morgan fingerprint density at radius 3 is 2.86 bits per heavy atom. The third-order valence-corrected chi connectivity index (χ3v) is 6.40. The zero-order valence-electron chi connectivity index (χ0n) is 17.1. The van der Waals surface area contributed by atoms with Crippen LogP contribution in [0.5, 0.6) is 5.75 Å². The highest BCUT2D eigenvalue weighted by Gasteiger charge is 2.37. The van der Waals surface area contributed by atoms with E-state index in [9.17, 15) is 9.59 Å². The van der Waals surface area contributed by atoms with Gasteiger partial charge in [0.2, 0.25) is 0 Å². The Morgan fingerprint density at radius 2 is 2.03 bits per heavy atom. The summed E-state index contributed by atoms with van der Waals surface area (Å²) in [5, 5.41) is 0. The number of amides is 1. The van der Waals surface area contributed by atoms with Crippen LogP contribution >= 0.6 is 0 Å². The van der Waals surface area contributed by atoms with Crippen LogP contribution < -0.4 is 10.3 Å². The van der Waals surface area contributed by atoms with E-state index in [2.05, 4.69) is 6.07 Å². The highest BCUT2D eigenvalue weighted by molar-refractivity contribution is 5.97. The summed E-state index contributed by atoms with van der Waals surface area (Å²) in [4.78, 5) is 30.3. The standard InChI is InChI=1S/C23H27N3O3/c1-24(2)13-17-6-7-20-18-10-15(12-26(20)22(17)27)11-25(14-18)23(28)19-5-3-4-16-8-9-29-21(16)19/h3-7,15,18H,8-14H2,1-2H3/t15-,18+/m0/s1. The summed E-state index contributed by atoms with van der Waals surface area (Å²) < 4.78 is 7.72. The molecule has 4 heterocycles. The van der Waals surface area contributed by atoms with E-state index in [0.29, 0.717) is 44.3 Å². The SMILES string of the molecule is CN(C)Cc1ccc2n(c1=O)C[C@H]1C[C@@H]2CN(C(=O)c2cccc3c2OCC3)C1. The van der Waals surface area contributed by atoms with Crippen molar-refractivity contribution < 1.29 is 9.53 Å². The number of benzene rings is 1. The number of hydrogen-bond acceptors (Lipinski definition) is 4. The minimum Gasteiger partial charge on any atom is -0.492 e. The van der Waals surface area contributed by atoms with Crippen LogP contribution in [0.2, 0.25) is 0 Å². The Morgan fingerprint density at radius 1 is 1.17 bits per heavy atom. The van der Waals surface area contributed by atoms with Gasteiger partial charge in [-0.1, -0.05) is 18.2 Å². The molecule has 1 aromatic carbocycles. The molecule has 1 fully saturated rings. The fourth-order valence-electron chi connectivity index (χ4n) is 5.17. The normalized spacial score (nSPS) is 22.2. The minimum atomic E-state index is 0.0541. The van der Waals surface area contributed by atoms with Crippen LogP contribution in [-0.4, -0.2) is 54.1 Å². The van der Waals surface area contributed by atoms with E-state index in [1.807, 2.05) is 52.7 Å². The molecule has 5 rings (SSSR count). The quantitative estimate of drug-likeness (QED) is 0.802. The first kappa shape index (κ1) is 18.4. The van der Waals surface area contributed by atoms with Crippen LogP contribution in [0.25, 0.3) is 0 Å². The highest BCUT2D eigenvalue weighted by atomic mass is 16.5. The van der Waals surface area contributed by atoms with Crippen LogP contribution in [0.1, 0.15) is 39.5 Å². The molecule has 1 aromatic heterocycles. The van der Waals surface area contributed by atoms with Gasteiger partial charge in [0.25, 0.3) is 11.5 Å². The second-order valence-electron chi connectivity index (χ2n) is 8.84. The lowest BCUT2D eigenvalue weighted by molar-refractivity contribution is 0.0591. The Hall–Kier alpha value is -2.60. The van der Waals surface area contributed by atoms with E-state index in [-0.39, 0.29) is 17.4 Å². The predicted molar refractivity (Wildman–Crippen MR) is 110 cm³/mol. The third-order valence-electron chi connectivity index (χ3n) is 6.40. The number of piperidine rings is 1. The van der Waals surface area contributed by atoms with Crippen LogP contribution in [0, 0.1) is 5.92 Å². The van der Waals surface area contributed by atoms with Gasteiger partial charge in [0.15, 0.2) is 0 Å². The molecule has 2 atom stereocenters. The second-order valence-corrected chi connectivity index (χ2v) is 8.84.